The van der Waals surface area contributed by atoms with E-state index in [1.54, 1.807) is 0 Å². The number of hydrogen-bond donors (Lipinski definition) is 2. The molecule has 0 rings (SSSR count). The third-order valence-corrected chi connectivity index (χ3v) is 10.3. The summed E-state index contributed by atoms with van der Waals surface area (Å²) < 4.78 is 26.4. The molecule has 0 aromatic heterocycles. The van der Waals surface area contributed by atoms with Crippen molar-refractivity contribution in [2.45, 2.75) is 225 Å². The first-order valence-corrected chi connectivity index (χ1v) is 24.5. The van der Waals surface area contributed by atoms with Gasteiger partial charge in [-0.3, -0.25) is 14.1 Å². The van der Waals surface area contributed by atoms with Crippen molar-refractivity contribution in [1.82, 2.24) is 0 Å². The molecule has 8 nitrogen and oxygen atoms in total. The molecule has 0 saturated carbocycles. The molecule has 0 aliphatic heterocycles. The van der Waals surface area contributed by atoms with E-state index in [1.165, 1.54) is 141 Å². The van der Waals surface area contributed by atoms with Gasteiger partial charge in [0.25, 0.3) is 0 Å². The Balaban J connectivity index is 3.97. The van der Waals surface area contributed by atoms with Gasteiger partial charge in [0, 0.05) is 12.8 Å². The van der Waals surface area contributed by atoms with E-state index in [1.807, 2.05) is 6.08 Å². The van der Waals surface area contributed by atoms with Crippen LogP contribution >= 0.6 is 7.82 Å². The zero-order chi connectivity index (χ0) is 41.1. The molecule has 9 heteroatoms. The maximum atomic E-state index is 12.4. The largest absolute Gasteiger partial charge is 0.469 e. The number of carbonyl (C=O) groups excluding carboxylic acids is 2. The summed E-state index contributed by atoms with van der Waals surface area (Å²) in [6.45, 7) is 3.66. The molecule has 0 saturated heterocycles. The van der Waals surface area contributed by atoms with Crippen LogP contribution in [-0.2, 0) is 28.2 Å². The zero-order valence-electron chi connectivity index (χ0n) is 36.0. The molecule has 0 fully saturated rings. The maximum absolute atomic E-state index is 12.4. The van der Waals surface area contributed by atoms with Gasteiger partial charge in [0.2, 0.25) is 0 Å². The van der Waals surface area contributed by atoms with Crippen LogP contribution in [0.15, 0.2) is 48.6 Å². The molecule has 0 aromatic rings. The lowest BCUT2D eigenvalue weighted by molar-refractivity contribution is -0.161. The highest BCUT2D eigenvalue weighted by molar-refractivity contribution is 7.46. The van der Waals surface area contributed by atoms with Gasteiger partial charge < -0.3 is 19.3 Å². The van der Waals surface area contributed by atoms with Crippen LogP contribution in [0.5, 0.6) is 0 Å². The van der Waals surface area contributed by atoms with Gasteiger partial charge in [-0.15, -0.1) is 0 Å². The minimum absolute atomic E-state index is 0.137. The van der Waals surface area contributed by atoms with E-state index < -0.39 is 32.5 Å². The summed E-state index contributed by atoms with van der Waals surface area (Å²) in [6, 6.07) is 0. The number of phosphoric acid groups is 1. The fourth-order valence-electron chi connectivity index (χ4n) is 6.43. The minimum Gasteiger partial charge on any atom is -0.462 e. The van der Waals surface area contributed by atoms with Crippen LogP contribution in [-0.4, -0.2) is 41.0 Å². The summed E-state index contributed by atoms with van der Waals surface area (Å²) in [6.07, 6.45) is 52.7. The Hall–Kier alpha value is -1.99. The highest BCUT2D eigenvalue weighted by Gasteiger charge is 2.22. The third-order valence-electron chi connectivity index (χ3n) is 9.85. The Morgan fingerprint density at radius 1 is 0.464 bits per heavy atom. The monoisotopic (exact) mass is 809 g/mol. The Labute approximate surface area is 344 Å². The number of unbranched alkanes of at least 4 members (excludes halogenated alkanes) is 24. The smallest absolute Gasteiger partial charge is 0.462 e. The van der Waals surface area contributed by atoms with E-state index in [2.05, 4.69) is 60.9 Å². The van der Waals surface area contributed by atoms with E-state index in [0.29, 0.717) is 12.8 Å². The van der Waals surface area contributed by atoms with Crippen molar-refractivity contribution in [3.63, 3.8) is 0 Å². The lowest BCUT2D eigenvalue weighted by Gasteiger charge is -2.18. The first-order chi connectivity index (χ1) is 27.3. The Morgan fingerprint density at radius 3 is 1.25 bits per heavy atom. The Kier molecular flexibility index (Phi) is 41.1. The topological polar surface area (TPSA) is 119 Å². The van der Waals surface area contributed by atoms with Gasteiger partial charge >= 0.3 is 19.8 Å². The molecule has 0 radical (unpaired) electrons. The summed E-state index contributed by atoms with van der Waals surface area (Å²) in [5.74, 6) is -0.943. The second kappa shape index (κ2) is 42.6. The summed E-state index contributed by atoms with van der Waals surface area (Å²) >= 11 is 0. The SMILES string of the molecule is CCCCCCCCC/C=C/C/C=C/C/C=C/C/C=C/CCCC(=O)O[C@H](COC(=O)CCCCCCCCCCCCCCCCCCC)COP(=O)(O)O. The predicted molar refractivity (Wildman–Crippen MR) is 234 cm³/mol. The summed E-state index contributed by atoms with van der Waals surface area (Å²) in [4.78, 5) is 42.9. The van der Waals surface area contributed by atoms with Gasteiger partial charge in [0.05, 0.1) is 6.61 Å². The van der Waals surface area contributed by atoms with E-state index in [9.17, 15) is 14.2 Å². The molecule has 0 bridgehead atoms. The van der Waals surface area contributed by atoms with Crippen LogP contribution in [0.4, 0.5) is 0 Å². The average Bonchev–Trinajstić information content (AvgIpc) is 3.17. The van der Waals surface area contributed by atoms with Crippen LogP contribution < -0.4 is 0 Å². The number of phosphoric ester groups is 1. The summed E-state index contributed by atoms with van der Waals surface area (Å²) in [5.41, 5.74) is 0. The first kappa shape index (κ1) is 54.0. The lowest BCUT2D eigenvalue weighted by Crippen LogP contribution is -2.29. The van der Waals surface area contributed by atoms with Crippen LogP contribution in [0.3, 0.4) is 0 Å². The number of rotatable bonds is 42. The highest BCUT2D eigenvalue weighted by Crippen LogP contribution is 2.36. The lowest BCUT2D eigenvalue weighted by atomic mass is 10.0. The normalized spacial score (nSPS) is 12.9. The van der Waals surface area contributed by atoms with Crippen LogP contribution in [0.2, 0.25) is 0 Å². The van der Waals surface area contributed by atoms with Crippen molar-refractivity contribution < 1.29 is 37.9 Å². The number of esters is 2. The molecular weight excluding hydrogens is 723 g/mol. The van der Waals surface area contributed by atoms with E-state index in [4.69, 9.17) is 19.3 Å². The quantitative estimate of drug-likeness (QED) is 0.0271. The Morgan fingerprint density at radius 2 is 0.821 bits per heavy atom. The van der Waals surface area contributed by atoms with Crippen molar-refractivity contribution in [2.24, 2.45) is 0 Å². The number of allylic oxidation sites excluding steroid dienone is 8. The average molecular weight is 809 g/mol. The number of hydrogen-bond acceptors (Lipinski definition) is 6. The predicted octanol–water partition coefficient (Wildman–Crippen LogP) is 14.3. The maximum Gasteiger partial charge on any atom is 0.469 e. The van der Waals surface area contributed by atoms with E-state index in [-0.39, 0.29) is 19.4 Å². The molecule has 0 aromatic carbocycles. The third kappa shape index (κ3) is 44.7. The first-order valence-electron chi connectivity index (χ1n) is 22.9. The van der Waals surface area contributed by atoms with E-state index >= 15 is 0 Å². The molecule has 326 valence electrons. The van der Waals surface area contributed by atoms with Crippen LogP contribution in [0.1, 0.15) is 219 Å². The zero-order valence-corrected chi connectivity index (χ0v) is 36.9. The molecule has 2 N–H and O–H groups in total. The molecular formula is C47H85O8P. The van der Waals surface area contributed by atoms with Gasteiger partial charge in [0.1, 0.15) is 6.61 Å². The van der Waals surface area contributed by atoms with Gasteiger partial charge in [0.15, 0.2) is 6.10 Å². The fraction of sp³-hybridized carbons (Fsp3) is 0.787. The molecule has 0 aliphatic carbocycles. The number of carbonyl (C=O) groups is 2. The standard InChI is InChI=1S/C47H85O8P/c1-3-5-7-9-11-13-15-17-19-21-22-23-24-26-28-30-32-34-36-38-40-42-47(49)55-45(44-54-56(50,51)52)43-53-46(48)41-39-37-35-33-31-29-27-25-20-18-16-14-12-10-8-6-4-2/h19,21,23-24,28,30,34,36,45H,3-18,20,22,25-27,29,31-33,35,37-44H2,1-2H3,(H2,50,51,52)/b21-19+,24-23+,30-28+,36-34+/t45-/m1/s1. The second-order valence-electron chi connectivity index (χ2n) is 15.4. The minimum atomic E-state index is -4.77. The van der Waals surface area contributed by atoms with Gasteiger partial charge in [-0.05, 0) is 51.4 Å². The van der Waals surface area contributed by atoms with Crippen LogP contribution in [0.25, 0.3) is 0 Å². The second-order valence-corrected chi connectivity index (χ2v) is 16.6. The van der Waals surface area contributed by atoms with Crippen molar-refractivity contribution in [2.75, 3.05) is 13.2 Å². The van der Waals surface area contributed by atoms with Crippen molar-refractivity contribution in [1.29, 1.82) is 0 Å². The van der Waals surface area contributed by atoms with Crippen molar-refractivity contribution >= 4 is 19.8 Å². The van der Waals surface area contributed by atoms with Crippen molar-refractivity contribution in [3.8, 4) is 0 Å². The molecule has 0 spiro atoms. The number of ether oxygens (including phenoxy) is 2. The summed E-state index contributed by atoms with van der Waals surface area (Å²) in [5, 5.41) is 0. The molecule has 0 amide bonds. The van der Waals surface area contributed by atoms with Gasteiger partial charge in [-0.25, -0.2) is 4.57 Å². The molecule has 0 heterocycles. The van der Waals surface area contributed by atoms with Gasteiger partial charge in [-0.2, -0.15) is 0 Å². The van der Waals surface area contributed by atoms with Gasteiger partial charge in [-0.1, -0.05) is 204 Å². The highest BCUT2D eigenvalue weighted by atomic mass is 31.2. The molecule has 0 unspecified atom stereocenters. The molecule has 0 aliphatic rings. The van der Waals surface area contributed by atoms with Crippen LogP contribution in [0, 0.1) is 0 Å². The van der Waals surface area contributed by atoms with E-state index in [0.717, 1.165) is 38.5 Å². The summed E-state index contributed by atoms with van der Waals surface area (Å²) in [7, 11) is -4.77. The Bertz CT molecular complexity index is 1050. The van der Waals surface area contributed by atoms with Crippen molar-refractivity contribution in [3.05, 3.63) is 48.6 Å². The molecule has 56 heavy (non-hydrogen) atoms. The fourth-order valence-corrected chi connectivity index (χ4v) is 6.79. The molecule has 1 atom stereocenters.